The molecule has 0 saturated heterocycles. The molecule has 7 nitrogen and oxygen atoms in total. The molecule has 1 atom stereocenters. The first-order chi connectivity index (χ1) is 10.5. The van der Waals surface area contributed by atoms with Crippen LogP contribution in [0.1, 0.15) is 22.9 Å². The lowest BCUT2D eigenvalue weighted by Gasteiger charge is -2.18. The fraction of sp³-hybridized carbons (Fsp3) is 0.333. The van der Waals surface area contributed by atoms with Gasteiger partial charge in [-0.25, -0.2) is 9.25 Å². The van der Waals surface area contributed by atoms with Crippen LogP contribution in [0.5, 0.6) is 0 Å². The summed E-state index contributed by atoms with van der Waals surface area (Å²) in [5, 5.41) is 6.84. The largest absolute Gasteiger partial charge is 0.470 e. The van der Waals surface area contributed by atoms with E-state index in [0.717, 1.165) is 22.0 Å². The predicted octanol–water partition coefficient (Wildman–Crippen LogP) is 2.35. The normalized spacial score (nSPS) is 14.0. The van der Waals surface area contributed by atoms with Crippen LogP contribution in [0.4, 0.5) is 13.2 Å². The first kappa shape index (κ1) is 17.6. The van der Waals surface area contributed by atoms with E-state index in [1.807, 2.05) is 19.1 Å². The SMILES string of the molecule is Cc1ccc(Cn2cc(C(OP(=O)(O)O)C(F)(F)F)nn2)cc1. The molecule has 0 bridgehead atoms. The number of halogens is 3. The van der Waals surface area contributed by atoms with Crippen molar-refractivity contribution in [1.29, 1.82) is 0 Å². The van der Waals surface area contributed by atoms with E-state index in [0.29, 0.717) is 0 Å². The van der Waals surface area contributed by atoms with Crippen molar-refractivity contribution in [2.75, 3.05) is 0 Å². The topological polar surface area (TPSA) is 97.5 Å². The molecule has 0 saturated carbocycles. The van der Waals surface area contributed by atoms with Crippen molar-refractivity contribution in [1.82, 2.24) is 15.0 Å². The molecule has 0 spiro atoms. The summed E-state index contributed by atoms with van der Waals surface area (Å²) in [7, 11) is -5.34. The lowest BCUT2D eigenvalue weighted by Crippen LogP contribution is -2.23. The Hall–Kier alpha value is -1.74. The molecule has 11 heteroatoms. The second-order valence-electron chi connectivity index (χ2n) is 4.84. The molecule has 0 aliphatic rings. The third kappa shape index (κ3) is 5.14. The predicted molar refractivity (Wildman–Crippen MR) is 72.2 cm³/mol. The van der Waals surface area contributed by atoms with E-state index in [9.17, 15) is 17.7 Å². The average molecular weight is 351 g/mol. The van der Waals surface area contributed by atoms with Gasteiger partial charge in [0.15, 0.2) is 0 Å². The maximum atomic E-state index is 12.9. The zero-order valence-corrected chi connectivity index (χ0v) is 12.7. The monoisotopic (exact) mass is 351 g/mol. The standard InChI is InChI=1S/C12H13F3N3O4P/c1-8-2-4-9(5-3-8)6-18-7-10(16-17-18)11(12(13,14)15)22-23(19,20)21/h2-5,7,11H,6H2,1H3,(H2,19,20,21). The van der Waals surface area contributed by atoms with Crippen LogP contribution in [0.2, 0.25) is 0 Å². The average Bonchev–Trinajstić information content (AvgIpc) is 2.85. The fourth-order valence-corrected chi connectivity index (χ4v) is 2.31. The van der Waals surface area contributed by atoms with E-state index in [-0.39, 0.29) is 6.54 Å². The van der Waals surface area contributed by atoms with Gasteiger partial charge in [0.2, 0.25) is 6.10 Å². The Kier molecular flexibility index (Phi) is 4.90. The molecule has 1 heterocycles. The molecule has 0 aliphatic carbocycles. The van der Waals surface area contributed by atoms with Gasteiger partial charge in [-0.3, -0.25) is 4.52 Å². The molecule has 0 fully saturated rings. The minimum absolute atomic E-state index is 0.160. The molecule has 0 aliphatic heterocycles. The summed E-state index contributed by atoms with van der Waals surface area (Å²) in [5.74, 6) is 0. The summed E-state index contributed by atoms with van der Waals surface area (Å²) in [6, 6.07) is 7.24. The van der Waals surface area contributed by atoms with Crippen LogP contribution in [0.3, 0.4) is 0 Å². The molecule has 1 aromatic heterocycles. The van der Waals surface area contributed by atoms with Crippen molar-refractivity contribution in [3.8, 4) is 0 Å². The van der Waals surface area contributed by atoms with Crippen molar-refractivity contribution in [2.24, 2.45) is 0 Å². The molecule has 0 amide bonds. The number of phosphoric ester groups is 1. The molecular weight excluding hydrogens is 338 g/mol. The number of rotatable bonds is 5. The number of aryl methyl sites for hydroxylation is 1. The van der Waals surface area contributed by atoms with Crippen LogP contribution in [-0.4, -0.2) is 31.0 Å². The van der Waals surface area contributed by atoms with E-state index < -0.39 is 25.8 Å². The molecule has 2 aromatic rings. The van der Waals surface area contributed by atoms with Crippen molar-refractivity contribution in [2.45, 2.75) is 25.7 Å². The van der Waals surface area contributed by atoms with Crippen molar-refractivity contribution in [3.05, 3.63) is 47.3 Å². The highest BCUT2D eigenvalue weighted by atomic mass is 31.2. The Labute approximate surface area is 128 Å². The van der Waals surface area contributed by atoms with Gasteiger partial charge in [-0.05, 0) is 12.5 Å². The number of phosphoric acid groups is 1. The van der Waals surface area contributed by atoms with Gasteiger partial charge in [0.25, 0.3) is 0 Å². The highest BCUT2D eigenvalue weighted by Crippen LogP contribution is 2.47. The summed E-state index contributed by atoms with van der Waals surface area (Å²) >= 11 is 0. The van der Waals surface area contributed by atoms with Gasteiger partial charge >= 0.3 is 14.0 Å². The Morgan fingerprint density at radius 3 is 2.43 bits per heavy atom. The Balaban J connectivity index is 2.21. The van der Waals surface area contributed by atoms with Crippen molar-refractivity contribution < 1.29 is 32.0 Å². The number of hydrogen-bond acceptors (Lipinski definition) is 4. The van der Waals surface area contributed by atoms with Gasteiger partial charge < -0.3 is 9.79 Å². The van der Waals surface area contributed by atoms with Gasteiger partial charge in [0.1, 0.15) is 5.69 Å². The third-order valence-corrected chi connectivity index (χ3v) is 3.32. The maximum absolute atomic E-state index is 12.9. The first-order valence-electron chi connectivity index (χ1n) is 6.31. The quantitative estimate of drug-likeness (QED) is 0.803. The molecule has 23 heavy (non-hydrogen) atoms. The summed E-state index contributed by atoms with van der Waals surface area (Å²) in [6.07, 6.45) is -6.95. The Morgan fingerprint density at radius 1 is 1.30 bits per heavy atom. The molecule has 2 rings (SSSR count). The van der Waals surface area contributed by atoms with Gasteiger partial charge in [0, 0.05) is 0 Å². The third-order valence-electron chi connectivity index (χ3n) is 2.83. The second-order valence-corrected chi connectivity index (χ2v) is 6.04. The smallest absolute Gasteiger partial charge is 0.303 e. The van der Waals surface area contributed by atoms with E-state index >= 15 is 0 Å². The van der Waals surface area contributed by atoms with Crippen LogP contribution in [0.25, 0.3) is 0 Å². The molecule has 2 N–H and O–H groups in total. The Morgan fingerprint density at radius 2 is 1.91 bits per heavy atom. The number of alkyl halides is 3. The van der Waals surface area contributed by atoms with Gasteiger partial charge in [0.05, 0.1) is 12.7 Å². The lowest BCUT2D eigenvalue weighted by molar-refractivity contribution is -0.203. The number of aromatic nitrogens is 3. The fourth-order valence-electron chi connectivity index (χ4n) is 1.81. The van der Waals surface area contributed by atoms with E-state index in [1.54, 1.807) is 12.1 Å². The number of hydrogen-bond donors (Lipinski definition) is 2. The summed E-state index contributed by atoms with van der Waals surface area (Å²) in [6.45, 7) is 2.05. The van der Waals surface area contributed by atoms with Crippen molar-refractivity contribution in [3.63, 3.8) is 0 Å². The van der Waals surface area contributed by atoms with E-state index in [4.69, 9.17) is 9.79 Å². The van der Waals surface area contributed by atoms with E-state index in [1.165, 1.54) is 0 Å². The molecular formula is C12H13F3N3O4P. The highest BCUT2D eigenvalue weighted by molar-refractivity contribution is 7.46. The Bertz CT molecular complexity index is 711. The highest BCUT2D eigenvalue weighted by Gasteiger charge is 2.47. The molecule has 1 aromatic carbocycles. The molecule has 0 radical (unpaired) electrons. The van der Waals surface area contributed by atoms with Crippen molar-refractivity contribution >= 4 is 7.82 Å². The summed E-state index contributed by atoms with van der Waals surface area (Å²) in [4.78, 5) is 17.2. The van der Waals surface area contributed by atoms with Gasteiger partial charge in [-0.1, -0.05) is 35.0 Å². The van der Waals surface area contributed by atoms with Crippen LogP contribution >= 0.6 is 7.82 Å². The minimum Gasteiger partial charge on any atom is -0.303 e. The van der Waals surface area contributed by atoms with Crippen LogP contribution in [0, 0.1) is 6.92 Å². The maximum Gasteiger partial charge on any atom is 0.470 e. The first-order valence-corrected chi connectivity index (χ1v) is 7.84. The molecule has 126 valence electrons. The lowest BCUT2D eigenvalue weighted by atomic mass is 10.1. The zero-order chi connectivity index (χ0) is 17.3. The minimum atomic E-state index is -5.34. The van der Waals surface area contributed by atoms with Gasteiger partial charge in [-0.2, -0.15) is 13.2 Å². The van der Waals surface area contributed by atoms with Crippen LogP contribution in [0.15, 0.2) is 30.5 Å². The van der Waals surface area contributed by atoms with Gasteiger partial charge in [-0.15, -0.1) is 5.10 Å². The van der Waals surface area contributed by atoms with E-state index in [2.05, 4.69) is 14.8 Å². The second kappa shape index (κ2) is 6.40. The summed E-state index contributed by atoms with van der Waals surface area (Å²) < 4.78 is 54.2. The summed E-state index contributed by atoms with van der Waals surface area (Å²) in [5.41, 5.74) is 1.08. The number of benzene rings is 1. The zero-order valence-electron chi connectivity index (χ0n) is 11.8. The number of nitrogens with zero attached hydrogens (tertiary/aromatic N) is 3. The van der Waals surface area contributed by atoms with Crippen LogP contribution in [-0.2, 0) is 15.6 Å². The van der Waals surface area contributed by atoms with Crippen LogP contribution < -0.4 is 0 Å². The molecule has 1 unspecified atom stereocenters.